The van der Waals surface area contributed by atoms with Gasteiger partial charge in [0.2, 0.25) is 0 Å². The number of carbonyl (C=O) groups is 2. The summed E-state index contributed by atoms with van der Waals surface area (Å²) in [7, 11) is 1.61. The molecular weight excluding hydrogens is 408 g/mol. The lowest BCUT2D eigenvalue weighted by atomic mass is 9.77. The summed E-state index contributed by atoms with van der Waals surface area (Å²) in [6.45, 7) is 10.6. The van der Waals surface area contributed by atoms with Gasteiger partial charge in [0.25, 0.3) is 5.91 Å². The number of aromatic nitrogens is 2. The summed E-state index contributed by atoms with van der Waals surface area (Å²) in [5.41, 5.74) is 2.44. The Balaban J connectivity index is 1.80. The summed E-state index contributed by atoms with van der Waals surface area (Å²) >= 11 is 0. The summed E-state index contributed by atoms with van der Waals surface area (Å²) in [4.78, 5) is 25.9. The van der Waals surface area contributed by atoms with Gasteiger partial charge in [0.05, 0.1) is 12.1 Å². The molecule has 2 unspecified atom stereocenters. The van der Waals surface area contributed by atoms with Gasteiger partial charge in [-0.2, -0.15) is 5.10 Å². The van der Waals surface area contributed by atoms with Gasteiger partial charge in [-0.1, -0.05) is 27.7 Å². The molecule has 32 heavy (non-hydrogen) atoms. The van der Waals surface area contributed by atoms with E-state index in [0.717, 1.165) is 42.3 Å². The van der Waals surface area contributed by atoms with Crippen LogP contribution in [0.1, 0.15) is 56.5 Å². The van der Waals surface area contributed by atoms with Crippen LogP contribution in [0.3, 0.4) is 0 Å². The summed E-state index contributed by atoms with van der Waals surface area (Å²) in [5.74, 6) is 0.258. The highest BCUT2D eigenvalue weighted by atomic mass is 16.5. The van der Waals surface area contributed by atoms with E-state index in [4.69, 9.17) is 9.84 Å². The second-order valence-corrected chi connectivity index (χ2v) is 9.73. The standard InChI is InChI=1S/C24H36N4O4/c1-6-17-18(22(29)25-10-12-32-5)7-8-20-19(17)15-27(26-20)14-16-9-11-28(23(30)31)21(13-16)24(2,3)4/h7-8,15-16,21H,6,9-14H2,1-5H3,(H,25,29)(H,30,31). The van der Waals surface area contributed by atoms with Gasteiger partial charge in [0.1, 0.15) is 0 Å². The molecule has 0 radical (unpaired) electrons. The van der Waals surface area contributed by atoms with E-state index in [-0.39, 0.29) is 17.4 Å². The van der Waals surface area contributed by atoms with Gasteiger partial charge >= 0.3 is 6.09 Å². The highest BCUT2D eigenvalue weighted by Gasteiger charge is 2.38. The molecule has 1 aromatic heterocycles. The normalized spacial score (nSPS) is 19.3. The Morgan fingerprint density at radius 3 is 2.69 bits per heavy atom. The Morgan fingerprint density at radius 1 is 1.31 bits per heavy atom. The minimum Gasteiger partial charge on any atom is -0.465 e. The number of aryl methyl sites for hydroxylation is 1. The fourth-order valence-corrected chi connectivity index (χ4v) is 4.77. The van der Waals surface area contributed by atoms with E-state index in [1.165, 1.54) is 0 Å². The number of hydrogen-bond acceptors (Lipinski definition) is 4. The first-order chi connectivity index (χ1) is 15.2. The highest BCUT2D eigenvalue weighted by molar-refractivity contribution is 6.00. The maximum absolute atomic E-state index is 12.6. The van der Waals surface area contributed by atoms with E-state index in [1.807, 2.05) is 29.9 Å². The number of nitrogens with one attached hydrogen (secondary N) is 1. The molecule has 3 rings (SSSR count). The van der Waals surface area contributed by atoms with Gasteiger partial charge in [-0.15, -0.1) is 0 Å². The van der Waals surface area contributed by atoms with Gasteiger partial charge in [-0.3, -0.25) is 9.48 Å². The molecule has 2 heterocycles. The molecule has 8 heteroatoms. The Morgan fingerprint density at radius 2 is 2.06 bits per heavy atom. The van der Waals surface area contributed by atoms with Crippen molar-refractivity contribution in [2.45, 2.75) is 59.5 Å². The van der Waals surface area contributed by atoms with Crippen molar-refractivity contribution in [1.29, 1.82) is 0 Å². The number of fused-ring (bicyclic) bond motifs is 1. The largest absolute Gasteiger partial charge is 0.465 e. The first kappa shape index (κ1) is 24.0. The molecule has 0 aliphatic carbocycles. The number of benzene rings is 1. The van der Waals surface area contributed by atoms with Crippen molar-refractivity contribution in [1.82, 2.24) is 20.0 Å². The van der Waals surface area contributed by atoms with Crippen LogP contribution >= 0.6 is 0 Å². The van der Waals surface area contributed by atoms with Crippen molar-refractivity contribution < 1.29 is 19.4 Å². The smallest absolute Gasteiger partial charge is 0.407 e. The first-order valence-corrected chi connectivity index (χ1v) is 11.4. The molecule has 1 aliphatic rings. The molecule has 176 valence electrons. The Labute approximate surface area is 189 Å². The Bertz CT molecular complexity index is 963. The lowest BCUT2D eigenvalue weighted by Crippen LogP contribution is -2.52. The summed E-state index contributed by atoms with van der Waals surface area (Å²) in [6, 6.07) is 3.74. The lowest BCUT2D eigenvalue weighted by molar-refractivity contribution is 0.0367. The minimum atomic E-state index is -0.836. The van der Waals surface area contributed by atoms with Crippen LogP contribution in [0, 0.1) is 11.3 Å². The van der Waals surface area contributed by atoms with Crippen LogP contribution in [0.4, 0.5) is 4.79 Å². The zero-order valence-corrected chi connectivity index (χ0v) is 19.9. The molecule has 0 bridgehead atoms. The number of rotatable bonds is 7. The second kappa shape index (κ2) is 9.90. The van der Waals surface area contributed by atoms with Crippen LogP contribution in [-0.4, -0.2) is 64.6 Å². The van der Waals surface area contributed by atoms with Crippen molar-refractivity contribution >= 4 is 22.9 Å². The van der Waals surface area contributed by atoms with E-state index >= 15 is 0 Å². The van der Waals surface area contributed by atoms with Crippen LogP contribution in [0.25, 0.3) is 10.9 Å². The predicted octanol–water partition coefficient (Wildman–Crippen LogP) is 3.78. The predicted molar refractivity (Wildman–Crippen MR) is 124 cm³/mol. The van der Waals surface area contributed by atoms with E-state index in [1.54, 1.807) is 12.0 Å². The summed E-state index contributed by atoms with van der Waals surface area (Å²) < 4.78 is 6.98. The first-order valence-electron chi connectivity index (χ1n) is 11.4. The van der Waals surface area contributed by atoms with Crippen LogP contribution in [0.5, 0.6) is 0 Å². The van der Waals surface area contributed by atoms with Gasteiger partial charge < -0.3 is 20.1 Å². The molecule has 1 aromatic carbocycles. The number of hydrogen-bond donors (Lipinski definition) is 2. The SMILES string of the molecule is CCc1c(C(=O)NCCOC)ccc2nn(CC3CCN(C(=O)O)C(C(C)(C)C)C3)cc12. The number of amides is 2. The van der Waals surface area contributed by atoms with Crippen molar-refractivity contribution in [3.63, 3.8) is 0 Å². The molecule has 0 spiro atoms. The van der Waals surface area contributed by atoms with E-state index in [2.05, 4.69) is 26.1 Å². The zero-order valence-electron chi connectivity index (χ0n) is 19.9. The van der Waals surface area contributed by atoms with Crippen molar-refractivity contribution in [2.24, 2.45) is 11.3 Å². The number of methoxy groups -OCH3 is 1. The minimum absolute atomic E-state index is 0.0164. The zero-order chi connectivity index (χ0) is 23.5. The Kier molecular flexibility index (Phi) is 7.44. The maximum atomic E-state index is 12.6. The molecule has 1 aliphatic heterocycles. The number of ether oxygens (including phenoxy) is 1. The van der Waals surface area contributed by atoms with Crippen LogP contribution < -0.4 is 5.32 Å². The average molecular weight is 445 g/mol. The Hall–Kier alpha value is -2.61. The fraction of sp³-hybridized carbons (Fsp3) is 0.625. The second-order valence-electron chi connectivity index (χ2n) is 9.73. The third-order valence-corrected chi connectivity index (χ3v) is 6.44. The number of carbonyl (C=O) groups excluding carboxylic acids is 1. The molecule has 1 saturated heterocycles. The number of likely N-dealkylation sites (tertiary alicyclic amines) is 1. The molecule has 2 N–H and O–H groups in total. The topological polar surface area (TPSA) is 96.7 Å². The molecule has 2 aromatic rings. The quantitative estimate of drug-likeness (QED) is 0.634. The molecule has 8 nitrogen and oxygen atoms in total. The molecule has 2 amide bonds. The lowest BCUT2D eigenvalue weighted by Gasteiger charge is -2.44. The molecule has 2 atom stereocenters. The number of piperidine rings is 1. The summed E-state index contributed by atoms with van der Waals surface area (Å²) in [5, 5.41) is 18.3. The molecular formula is C24H36N4O4. The van der Waals surface area contributed by atoms with Gasteiger partial charge in [0.15, 0.2) is 0 Å². The fourth-order valence-electron chi connectivity index (χ4n) is 4.77. The van der Waals surface area contributed by atoms with Crippen molar-refractivity contribution in [3.8, 4) is 0 Å². The van der Waals surface area contributed by atoms with E-state index < -0.39 is 6.09 Å². The van der Waals surface area contributed by atoms with Crippen LogP contribution in [-0.2, 0) is 17.7 Å². The third kappa shape index (κ3) is 5.23. The highest BCUT2D eigenvalue weighted by Crippen LogP contribution is 2.35. The summed E-state index contributed by atoms with van der Waals surface area (Å²) in [6.07, 6.45) is 3.58. The third-order valence-electron chi connectivity index (χ3n) is 6.44. The van der Waals surface area contributed by atoms with E-state index in [9.17, 15) is 14.7 Å². The van der Waals surface area contributed by atoms with Gasteiger partial charge in [-0.05, 0) is 48.3 Å². The maximum Gasteiger partial charge on any atom is 0.407 e. The van der Waals surface area contributed by atoms with Crippen LogP contribution in [0.2, 0.25) is 0 Å². The van der Waals surface area contributed by atoms with E-state index in [0.29, 0.717) is 31.2 Å². The monoisotopic (exact) mass is 444 g/mol. The van der Waals surface area contributed by atoms with Gasteiger partial charge in [0, 0.05) is 49.9 Å². The van der Waals surface area contributed by atoms with Crippen LogP contribution in [0.15, 0.2) is 18.3 Å². The number of nitrogens with zero attached hydrogens (tertiary/aromatic N) is 3. The number of carboxylic acid groups (broad SMARTS) is 1. The molecule has 1 fully saturated rings. The van der Waals surface area contributed by atoms with Crippen molar-refractivity contribution in [2.75, 3.05) is 26.8 Å². The van der Waals surface area contributed by atoms with Crippen molar-refractivity contribution in [3.05, 3.63) is 29.5 Å². The van der Waals surface area contributed by atoms with Gasteiger partial charge in [-0.25, -0.2) is 4.79 Å². The average Bonchev–Trinajstić information content (AvgIpc) is 3.14. The molecule has 0 saturated carbocycles.